The highest BCUT2D eigenvalue weighted by Crippen LogP contribution is 2.47. The number of anilines is 1. The molecule has 0 bridgehead atoms. The Hall–Kier alpha value is -1.22. The smallest absolute Gasteiger partial charge is 0.339 e. The van der Waals surface area contributed by atoms with E-state index in [1.54, 1.807) is 18.2 Å². The van der Waals surface area contributed by atoms with E-state index in [0.717, 1.165) is 6.42 Å². The predicted octanol–water partition coefficient (Wildman–Crippen LogP) is 3.25. The molecular weight excluding hydrogens is 226 g/mol. The summed E-state index contributed by atoms with van der Waals surface area (Å²) in [6.45, 7) is 4.30. The second kappa shape index (κ2) is 3.67. The van der Waals surface area contributed by atoms with Crippen molar-refractivity contribution in [2.45, 2.75) is 26.3 Å². The molecule has 1 fully saturated rings. The molecule has 1 atom stereocenters. The number of carbonyl (C=O) groups is 1. The van der Waals surface area contributed by atoms with Crippen molar-refractivity contribution in [2.75, 3.05) is 5.32 Å². The average molecular weight is 240 g/mol. The van der Waals surface area contributed by atoms with Gasteiger partial charge in [-0.15, -0.1) is 0 Å². The average Bonchev–Trinajstić information content (AvgIpc) is 2.72. The van der Waals surface area contributed by atoms with E-state index in [1.165, 1.54) is 0 Å². The molecule has 1 aliphatic carbocycles. The minimum atomic E-state index is -0.994. The fraction of sp³-hybridized carbons (Fsp3) is 0.417. The van der Waals surface area contributed by atoms with Gasteiger partial charge < -0.3 is 10.4 Å². The number of hydrogen-bond acceptors (Lipinski definition) is 2. The molecule has 0 heterocycles. The molecule has 0 amide bonds. The van der Waals surface area contributed by atoms with Gasteiger partial charge >= 0.3 is 5.97 Å². The first kappa shape index (κ1) is 11.3. The van der Waals surface area contributed by atoms with Crippen molar-refractivity contribution in [1.29, 1.82) is 0 Å². The summed E-state index contributed by atoms with van der Waals surface area (Å²) in [5.74, 6) is -0.994. The molecule has 1 unspecified atom stereocenters. The van der Waals surface area contributed by atoms with Crippen molar-refractivity contribution in [2.24, 2.45) is 5.41 Å². The summed E-state index contributed by atoms with van der Waals surface area (Å²) in [4.78, 5) is 11.1. The van der Waals surface area contributed by atoms with E-state index in [1.807, 2.05) is 0 Å². The maximum atomic E-state index is 11.1. The second-order valence-corrected chi connectivity index (χ2v) is 5.26. The van der Waals surface area contributed by atoms with E-state index < -0.39 is 5.97 Å². The van der Waals surface area contributed by atoms with Gasteiger partial charge in [0.05, 0.1) is 10.7 Å². The number of rotatable bonds is 3. The molecule has 0 spiro atoms. The molecule has 1 aromatic rings. The molecule has 86 valence electrons. The Morgan fingerprint density at radius 2 is 2.19 bits per heavy atom. The van der Waals surface area contributed by atoms with Crippen LogP contribution in [0.4, 0.5) is 5.69 Å². The predicted molar refractivity (Wildman–Crippen MR) is 64.2 cm³/mol. The number of halogens is 1. The van der Waals surface area contributed by atoms with Gasteiger partial charge in [0.2, 0.25) is 0 Å². The van der Waals surface area contributed by atoms with Gasteiger partial charge in [0.1, 0.15) is 5.56 Å². The van der Waals surface area contributed by atoms with Gasteiger partial charge in [-0.1, -0.05) is 31.5 Å². The van der Waals surface area contributed by atoms with E-state index in [0.29, 0.717) is 11.7 Å². The molecule has 1 aliphatic rings. The first-order chi connectivity index (χ1) is 7.42. The Morgan fingerprint density at radius 3 is 2.69 bits per heavy atom. The van der Waals surface area contributed by atoms with Crippen LogP contribution >= 0.6 is 11.6 Å². The first-order valence-corrected chi connectivity index (χ1v) is 5.58. The Bertz CT molecular complexity index is 443. The van der Waals surface area contributed by atoms with Crippen LogP contribution in [0.3, 0.4) is 0 Å². The van der Waals surface area contributed by atoms with Gasteiger partial charge in [0.25, 0.3) is 0 Å². The number of nitrogens with one attached hydrogen (secondary N) is 1. The largest absolute Gasteiger partial charge is 0.478 e. The van der Waals surface area contributed by atoms with Gasteiger partial charge in [0, 0.05) is 6.04 Å². The van der Waals surface area contributed by atoms with Crippen molar-refractivity contribution in [3.63, 3.8) is 0 Å². The van der Waals surface area contributed by atoms with Crippen LogP contribution in [0.1, 0.15) is 30.6 Å². The lowest BCUT2D eigenvalue weighted by Gasteiger charge is -2.11. The normalized spacial score (nSPS) is 21.6. The third-order valence-electron chi connectivity index (χ3n) is 3.07. The number of hydrogen-bond donors (Lipinski definition) is 2. The van der Waals surface area contributed by atoms with Gasteiger partial charge in [-0.25, -0.2) is 4.79 Å². The second-order valence-electron chi connectivity index (χ2n) is 4.86. The Balaban J connectivity index is 2.27. The Kier molecular flexibility index (Phi) is 2.58. The Morgan fingerprint density at radius 1 is 1.56 bits per heavy atom. The summed E-state index contributed by atoms with van der Waals surface area (Å²) in [5, 5.41) is 12.6. The van der Waals surface area contributed by atoms with Crippen molar-refractivity contribution in [1.82, 2.24) is 0 Å². The van der Waals surface area contributed by atoms with Gasteiger partial charge in [-0.2, -0.15) is 0 Å². The molecule has 1 aromatic carbocycles. The fourth-order valence-electron chi connectivity index (χ4n) is 1.76. The summed E-state index contributed by atoms with van der Waals surface area (Å²) in [6.07, 6.45) is 1.05. The zero-order valence-corrected chi connectivity index (χ0v) is 10.0. The summed E-state index contributed by atoms with van der Waals surface area (Å²) in [5.41, 5.74) is 1.01. The van der Waals surface area contributed by atoms with Crippen LogP contribution in [0.2, 0.25) is 5.02 Å². The van der Waals surface area contributed by atoms with Crippen molar-refractivity contribution in [3.05, 3.63) is 28.8 Å². The van der Waals surface area contributed by atoms with Crippen LogP contribution in [-0.2, 0) is 0 Å². The highest BCUT2D eigenvalue weighted by Gasteiger charge is 2.46. The van der Waals surface area contributed by atoms with Crippen LogP contribution in [0.5, 0.6) is 0 Å². The fourth-order valence-corrected chi connectivity index (χ4v) is 2.02. The molecule has 2 N–H and O–H groups in total. The van der Waals surface area contributed by atoms with E-state index >= 15 is 0 Å². The van der Waals surface area contributed by atoms with Crippen LogP contribution in [0.15, 0.2) is 18.2 Å². The van der Waals surface area contributed by atoms with E-state index in [4.69, 9.17) is 16.7 Å². The monoisotopic (exact) mass is 239 g/mol. The lowest BCUT2D eigenvalue weighted by molar-refractivity contribution is 0.0698. The standard InChI is InChI=1S/C12H14ClNO2/c1-12(2)6-9(12)14-8-5-3-4-7(13)10(8)11(15)16/h3-5,9,14H,6H2,1-2H3,(H,15,16). The minimum absolute atomic E-state index is 0.159. The number of benzene rings is 1. The third kappa shape index (κ3) is 2.00. The lowest BCUT2D eigenvalue weighted by Crippen LogP contribution is -2.12. The molecule has 0 radical (unpaired) electrons. The van der Waals surface area contributed by atoms with Gasteiger partial charge in [0.15, 0.2) is 0 Å². The van der Waals surface area contributed by atoms with E-state index in [9.17, 15) is 4.79 Å². The quantitative estimate of drug-likeness (QED) is 0.851. The number of carboxylic acid groups (broad SMARTS) is 1. The summed E-state index contributed by atoms with van der Waals surface area (Å²) in [6, 6.07) is 5.44. The van der Waals surface area contributed by atoms with E-state index in [-0.39, 0.29) is 16.0 Å². The Labute approximate surface area is 99.4 Å². The van der Waals surface area contributed by atoms with Crippen LogP contribution < -0.4 is 5.32 Å². The summed E-state index contributed by atoms with van der Waals surface area (Å²) < 4.78 is 0. The molecule has 0 aromatic heterocycles. The summed E-state index contributed by atoms with van der Waals surface area (Å²) >= 11 is 5.88. The molecule has 2 rings (SSSR count). The zero-order valence-electron chi connectivity index (χ0n) is 9.25. The molecule has 1 saturated carbocycles. The summed E-state index contributed by atoms with van der Waals surface area (Å²) in [7, 11) is 0. The molecular formula is C12H14ClNO2. The molecule has 4 heteroatoms. The van der Waals surface area contributed by atoms with Gasteiger partial charge in [-0.3, -0.25) is 0 Å². The lowest BCUT2D eigenvalue weighted by atomic mass is 10.1. The highest BCUT2D eigenvalue weighted by atomic mass is 35.5. The van der Waals surface area contributed by atoms with Crippen LogP contribution in [-0.4, -0.2) is 17.1 Å². The number of carboxylic acids is 1. The third-order valence-corrected chi connectivity index (χ3v) is 3.39. The molecule has 16 heavy (non-hydrogen) atoms. The topological polar surface area (TPSA) is 49.3 Å². The van der Waals surface area contributed by atoms with Crippen molar-refractivity contribution in [3.8, 4) is 0 Å². The van der Waals surface area contributed by atoms with Crippen molar-refractivity contribution < 1.29 is 9.90 Å². The van der Waals surface area contributed by atoms with Crippen molar-refractivity contribution >= 4 is 23.3 Å². The minimum Gasteiger partial charge on any atom is -0.478 e. The zero-order chi connectivity index (χ0) is 11.9. The molecule has 0 aliphatic heterocycles. The maximum absolute atomic E-state index is 11.1. The van der Waals surface area contributed by atoms with Crippen LogP contribution in [0, 0.1) is 5.41 Å². The first-order valence-electron chi connectivity index (χ1n) is 5.20. The molecule has 3 nitrogen and oxygen atoms in total. The van der Waals surface area contributed by atoms with Gasteiger partial charge in [-0.05, 0) is 24.0 Å². The molecule has 0 saturated heterocycles. The number of aromatic carboxylic acids is 1. The maximum Gasteiger partial charge on any atom is 0.339 e. The van der Waals surface area contributed by atoms with Crippen LogP contribution in [0.25, 0.3) is 0 Å². The highest BCUT2D eigenvalue weighted by molar-refractivity contribution is 6.34. The SMILES string of the molecule is CC1(C)CC1Nc1cccc(Cl)c1C(=O)O. The van der Waals surface area contributed by atoms with E-state index in [2.05, 4.69) is 19.2 Å².